The highest BCUT2D eigenvalue weighted by atomic mass is 31.2. The van der Waals surface area contributed by atoms with Crippen molar-refractivity contribution in [3.8, 4) is 0 Å². The maximum atomic E-state index is 12.7. The maximum Gasteiger partial charge on any atom is 0.529 e. The molecule has 8 heteroatoms. The zero-order valence-electron chi connectivity index (χ0n) is 19.1. The molecule has 0 aromatic carbocycles. The zero-order valence-corrected chi connectivity index (χ0v) is 20.0. The number of aliphatic hydroxyl groups is 1. The largest absolute Gasteiger partial charge is 0.529 e. The number of allylic oxidation sites excluding steroid dienone is 1. The summed E-state index contributed by atoms with van der Waals surface area (Å²) in [6.45, 7) is 2.61. The van der Waals surface area contributed by atoms with Gasteiger partial charge in [0.1, 0.15) is 12.4 Å². The number of carbonyl (C=O) groups is 1. The molecule has 0 aromatic heterocycles. The number of hydrogen-bond acceptors (Lipinski definition) is 7. The molecule has 0 aliphatic carbocycles. The Balaban J connectivity index is 1.42. The molecule has 0 bridgehead atoms. The summed E-state index contributed by atoms with van der Waals surface area (Å²) in [4.78, 5) is 11.7. The fourth-order valence-electron chi connectivity index (χ4n) is 4.07. The number of ether oxygens (including phenoxy) is 1. The molecule has 0 saturated carbocycles. The van der Waals surface area contributed by atoms with Crippen LogP contribution >= 0.6 is 7.82 Å². The van der Waals surface area contributed by atoms with Crippen LogP contribution in [-0.4, -0.2) is 37.5 Å². The van der Waals surface area contributed by atoms with E-state index in [4.69, 9.17) is 23.4 Å². The van der Waals surface area contributed by atoms with Crippen LogP contribution in [0.1, 0.15) is 96.8 Å². The fourth-order valence-corrected chi connectivity index (χ4v) is 5.40. The predicted octanol–water partition coefficient (Wildman–Crippen LogP) is 6.06. The lowest BCUT2D eigenvalue weighted by Gasteiger charge is -2.17. The van der Waals surface area contributed by atoms with E-state index in [0.29, 0.717) is 18.8 Å². The molecular formula is C23H41O7P. The van der Waals surface area contributed by atoms with Crippen LogP contribution in [0.15, 0.2) is 11.3 Å². The quantitative estimate of drug-likeness (QED) is 0.160. The lowest BCUT2D eigenvalue weighted by Crippen LogP contribution is -2.10. The van der Waals surface area contributed by atoms with Crippen molar-refractivity contribution in [3.63, 3.8) is 0 Å². The summed E-state index contributed by atoms with van der Waals surface area (Å²) >= 11 is 0. The number of carbonyl (C=O) groups excluding carboxylic acids is 1. The summed E-state index contributed by atoms with van der Waals surface area (Å²) < 4.78 is 33.9. The third-order valence-corrected chi connectivity index (χ3v) is 7.37. The molecule has 2 atom stereocenters. The molecule has 0 spiro atoms. The van der Waals surface area contributed by atoms with Gasteiger partial charge in [0.25, 0.3) is 0 Å². The minimum atomic E-state index is -3.66. The Morgan fingerprint density at radius 3 is 1.94 bits per heavy atom. The first kappa shape index (κ1) is 26.4. The van der Waals surface area contributed by atoms with Crippen molar-refractivity contribution in [3.05, 3.63) is 11.3 Å². The highest BCUT2D eigenvalue weighted by Crippen LogP contribution is 2.54. The third-order valence-electron chi connectivity index (χ3n) is 5.91. The third kappa shape index (κ3) is 10.1. The number of phosphoric acid groups is 1. The van der Waals surface area contributed by atoms with Crippen LogP contribution in [0.2, 0.25) is 0 Å². The van der Waals surface area contributed by atoms with E-state index in [9.17, 15) is 9.36 Å². The van der Waals surface area contributed by atoms with E-state index in [2.05, 4.69) is 0 Å². The van der Waals surface area contributed by atoms with Gasteiger partial charge in [-0.25, -0.2) is 9.36 Å². The van der Waals surface area contributed by atoms with Crippen molar-refractivity contribution in [2.45, 2.75) is 96.8 Å². The minimum Gasteiger partial charge on any atom is -0.461 e. The summed E-state index contributed by atoms with van der Waals surface area (Å²) in [6.07, 6.45) is 16.8. The van der Waals surface area contributed by atoms with E-state index >= 15 is 0 Å². The number of esters is 1. The minimum absolute atomic E-state index is 0.111. The Morgan fingerprint density at radius 1 is 0.871 bits per heavy atom. The van der Waals surface area contributed by atoms with Crippen LogP contribution < -0.4 is 0 Å². The standard InChI is InChI=1S/C23H41O7P/c1-20-22-21(18-27-23(22)25)19-29-31(26,30-20)28-17-15-13-11-9-7-5-3-2-4-6-8-10-12-14-16-24/h21,24H,2-19H2,1H3/t21-,31+/m1/s1. The molecule has 2 heterocycles. The van der Waals surface area contributed by atoms with Crippen molar-refractivity contribution in [1.29, 1.82) is 0 Å². The van der Waals surface area contributed by atoms with E-state index < -0.39 is 13.8 Å². The monoisotopic (exact) mass is 460 g/mol. The van der Waals surface area contributed by atoms with Crippen LogP contribution in [0.3, 0.4) is 0 Å². The van der Waals surface area contributed by atoms with Gasteiger partial charge in [-0.2, -0.15) is 0 Å². The number of hydrogen-bond donors (Lipinski definition) is 1. The van der Waals surface area contributed by atoms with Crippen molar-refractivity contribution < 1.29 is 32.8 Å². The van der Waals surface area contributed by atoms with Crippen molar-refractivity contribution in [1.82, 2.24) is 0 Å². The first-order valence-corrected chi connectivity index (χ1v) is 13.6. The van der Waals surface area contributed by atoms with Crippen LogP contribution in [0.25, 0.3) is 0 Å². The second-order valence-electron chi connectivity index (χ2n) is 8.61. The van der Waals surface area contributed by atoms with Crippen LogP contribution in [-0.2, 0) is 27.7 Å². The first-order chi connectivity index (χ1) is 15.1. The molecule has 1 fully saturated rings. The Morgan fingerprint density at radius 2 is 1.39 bits per heavy atom. The van der Waals surface area contributed by atoms with Gasteiger partial charge in [0.2, 0.25) is 0 Å². The van der Waals surface area contributed by atoms with Crippen LogP contribution in [0.4, 0.5) is 0 Å². The van der Waals surface area contributed by atoms with E-state index in [1.807, 2.05) is 0 Å². The number of unbranched alkanes of at least 4 members (excludes halogenated alkanes) is 13. The van der Waals surface area contributed by atoms with Gasteiger partial charge in [-0.3, -0.25) is 9.05 Å². The van der Waals surface area contributed by atoms with Gasteiger partial charge in [0, 0.05) is 6.61 Å². The van der Waals surface area contributed by atoms with E-state index in [0.717, 1.165) is 32.1 Å². The molecule has 180 valence electrons. The van der Waals surface area contributed by atoms with Gasteiger partial charge in [0.05, 0.1) is 24.7 Å². The molecule has 0 aromatic rings. The Kier molecular flexibility index (Phi) is 12.8. The number of phosphoric ester groups is 1. The van der Waals surface area contributed by atoms with Crippen LogP contribution in [0, 0.1) is 5.92 Å². The normalized spacial score (nSPS) is 23.4. The second kappa shape index (κ2) is 15.0. The van der Waals surface area contributed by atoms with Crippen LogP contribution in [0.5, 0.6) is 0 Å². The molecule has 2 aliphatic rings. The van der Waals surface area contributed by atoms with Gasteiger partial charge >= 0.3 is 13.8 Å². The van der Waals surface area contributed by atoms with Crippen molar-refractivity contribution >= 4 is 13.8 Å². The topological polar surface area (TPSA) is 91.3 Å². The second-order valence-corrected chi connectivity index (χ2v) is 10.2. The predicted molar refractivity (Wildman–Crippen MR) is 119 cm³/mol. The summed E-state index contributed by atoms with van der Waals surface area (Å²) in [5.41, 5.74) is 0.416. The average Bonchev–Trinajstić information content (AvgIpc) is 3.06. The molecule has 2 aliphatic heterocycles. The lowest BCUT2D eigenvalue weighted by atomic mass is 10.0. The molecule has 0 amide bonds. The molecular weight excluding hydrogens is 419 g/mol. The SMILES string of the molecule is CC1=C2C(=O)OC[C@@H]2CO[P@](=O)(OCCCCCCCCCCCCCCCCO)O1. The van der Waals surface area contributed by atoms with Crippen molar-refractivity contribution in [2.24, 2.45) is 5.92 Å². The molecule has 0 unspecified atom stereocenters. The molecule has 31 heavy (non-hydrogen) atoms. The molecule has 0 radical (unpaired) electrons. The fraction of sp³-hybridized carbons (Fsp3) is 0.870. The zero-order chi connectivity index (χ0) is 22.4. The van der Waals surface area contributed by atoms with E-state index in [-0.39, 0.29) is 24.9 Å². The number of aliphatic hydroxyl groups excluding tert-OH is 1. The van der Waals surface area contributed by atoms with Crippen molar-refractivity contribution in [2.75, 3.05) is 26.4 Å². The Hall–Kier alpha value is -0.880. The molecule has 1 N–H and O–H groups in total. The van der Waals surface area contributed by atoms with Gasteiger partial charge < -0.3 is 14.4 Å². The molecule has 2 rings (SSSR count). The molecule has 1 saturated heterocycles. The number of fused-ring (bicyclic) bond motifs is 1. The molecule has 7 nitrogen and oxygen atoms in total. The average molecular weight is 461 g/mol. The maximum absolute atomic E-state index is 12.7. The lowest BCUT2D eigenvalue weighted by molar-refractivity contribution is -0.135. The smallest absolute Gasteiger partial charge is 0.461 e. The van der Waals surface area contributed by atoms with Gasteiger partial charge in [0.15, 0.2) is 0 Å². The number of rotatable bonds is 17. The van der Waals surface area contributed by atoms with Gasteiger partial charge in [-0.05, 0) is 19.8 Å². The summed E-state index contributed by atoms with van der Waals surface area (Å²) in [7, 11) is -3.66. The Labute approximate surface area is 187 Å². The van der Waals surface area contributed by atoms with E-state index in [1.54, 1.807) is 6.92 Å². The van der Waals surface area contributed by atoms with Gasteiger partial charge in [-0.15, -0.1) is 0 Å². The summed E-state index contributed by atoms with van der Waals surface area (Å²) in [5, 5.41) is 8.74. The summed E-state index contributed by atoms with van der Waals surface area (Å²) in [5.74, 6) is -0.368. The summed E-state index contributed by atoms with van der Waals surface area (Å²) in [6, 6.07) is 0. The van der Waals surface area contributed by atoms with E-state index in [1.165, 1.54) is 57.8 Å². The highest BCUT2D eigenvalue weighted by Gasteiger charge is 2.42. The van der Waals surface area contributed by atoms with Gasteiger partial charge in [-0.1, -0.05) is 77.0 Å². The first-order valence-electron chi connectivity index (χ1n) is 12.1. The highest BCUT2D eigenvalue weighted by molar-refractivity contribution is 7.48. The Bertz CT molecular complexity index is 605. The number of cyclic esters (lactones) is 1.